The summed E-state index contributed by atoms with van der Waals surface area (Å²) in [4.78, 5) is 26.2. The van der Waals surface area contributed by atoms with Crippen molar-refractivity contribution in [2.75, 3.05) is 6.54 Å². The molecule has 2 fully saturated rings. The number of carbonyl (C=O) groups is 2. The fraction of sp³-hybridized carbons (Fsp3) is 0.467. The zero-order valence-corrected chi connectivity index (χ0v) is 12.5. The third-order valence-corrected chi connectivity index (χ3v) is 4.97. The summed E-state index contributed by atoms with van der Waals surface area (Å²) < 4.78 is 0. The van der Waals surface area contributed by atoms with Crippen molar-refractivity contribution in [3.63, 3.8) is 0 Å². The fourth-order valence-electron chi connectivity index (χ4n) is 3.30. The maximum Gasteiger partial charge on any atom is 0.230 e. The number of benzene rings is 1. The van der Waals surface area contributed by atoms with Gasteiger partial charge in [-0.2, -0.15) is 0 Å². The molecule has 0 spiro atoms. The molecule has 2 aliphatic heterocycles. The maximum atomic E-state index is 12.3. The molecule has 0 saturated carbocycles. The van der Waals surface area contributed by atoms with Gasteiger partial charge in [-0.05, 0) is 37.0 Å². The van der Waals surface area contributed by atoms with Crippen LogP contribution < -0.4 is 0 Å². The summed E-state index contributed by atoms with van der Waals surface area (Å²) in [7, 11) is 0. The van der Waals surface area contributed by atoms with E-state index in [1.807, 2.05) is 11.0 Å². The van der Waals surface area contributed by atoms with E-state index >= 15 is 0 Å². The van der Waals surface area contributed by atoms with Gasteiger partial charge in [0.2, 0.25) is 5.91 Å². The number of piperidine rings is 2. The first kappa shape index (κ1) is 13.9. The van der Waals surface area contributed by atoms with Gasteiger partial charge >= 0.3 is 0 Å². The molecule has 0 unspecified atom stereocenters. The van der Waals surface area contributed by atoms with Crippen molar-refractivity contribution in [2.24, 2.45) is 0 Å². The van der Waals surface area contributed by atoms with E-state index in [-0.39, 0.29) is 30.1 Å². The Hall–Kier alpha value is -1.06. The minimum atomic E-state index is -0.261. The number of hydrogen-bond acceptors (Lipinski definition) is 2. The van der Waals surface area contributed by atoms with Crippen LogP contribution >= 0.6 is 23.2 Å². The van der Waals surface area contributed by atoms with Gasteiger partial charge in [0.05, 0.1) is 22.4 Å². The highest BCUT2D eigenvalue weighted by molar-refractivity contribution is 6.42. The SMILES string of the molecule is O=C1CC(=O)N2CCCC[C@@H]2[C@H]1c1ccc(Cl)c(Cl)c1. The van der Waals surface area contributed by atoms with Gasteiger partial charge in [-0.15, -0.1) is 0 Å². The third-order valence-electron chi connectivity index (χ3n) is 4.23. The van der Waals surface area contributed by atoms with Gasteiger partial charge in [0.25, 0.3) is 0 Å². The molecule has 3 rings (SSSR count). The summed E-state index contributed by atoms with van der Waals surface area (Å²) in [5.74, 6) is -0.296. The van der Waals surface area contributed by atoms with E-state index in [4.69, 9.17) is 23.2 Å². The third kappa shape index (κ3) is 2.33. The number of amides is 1. The second-order valence-corrected chi connectivity index (χ2v) is 6.26. The van der Waals surface area contributed by atoms with Crippen LogP contribution in [0.15, 0.2) is 18.2 Å². The Morgan fingerprint density at radius 1 is 1.10 bits per heavy atom. The molecule has 106 valence electrons. The standard InChI is InChI=1S/C15H15Cl2NO2/c16-10-5-4-9(7-11(10)17)15-12-3-1-2-6-18(12)14(20)8-13(15)19/h4-5,7,12,15H,1-3,6,8H2/t12-,15-/m1/s1. The van der Waals surface area contributed by atoms with Crippen LogP contribution in [0.2, 0.25) is 10.0 Å². The zero-order chi connectivity index (χ0) is 14.3. The predicted octanol–water partition coefficient (Wildman–Crippen LogP) is 3.43. The molecule has 1 aromatic carbocycles. The van der Waals surface area contributed by atoms with Gasteiger partial charge in [0.15, 0.2) is 5.78 Å². The van der Waals surface area contributed by atoms with Crippen molar-refractivity contribution in [2.45, 2.75) is 37.6 Å². The molecule has 2 aliphatic rings. The van der Waals surface area contributed by atoms with Gasteiger partial charge < -0.3 is 4.90 Å². The van der Waals surface area contributed by atoms with Gasteiger partial charge in [-0.3, -0.25) is 9.59 Å². The van der Waals surface area contributed by atoms with E-state index in [0.29, 0.717) is 10.0 Å². The monoisotopic (exact) mass is 311 g/mol. The first-order valence-electron chi connectivity index (χ1n) is 6.85. The van der Waals surface area contributed by atoms with Crippen molar-refractivity contribution in [1.29, 1.82) is 0 Å². The van der Waals surface area contributed by atoms with Gasteiger partial charge in [-0.25, -0.2) is 0 Å². The van der Waals surface area contributed by atoms with E-state index in [2.05, 4.69) is 0 Å². The van der Waals surface area contributed by atoms with E-state index in [1.54, 1.807) is 12.1 Å². The first-order valence-corrected chi connectivity index (χ1v) is 7.60. The maximum absolute atomic E-state index is 12.3. The van der Waals surface area contributed by atoms with Crippen LogP contribution in [0, 0.1) is 0 Å². The molecule has 0 aromatic heterocycles. The van der Waals surface area contributed by atoms with Crippen molar-refractivity contribution in [3.05, 3.63) is 33.8 Å². The number of fused-ring (bicyclic) bond motifs is 1. The molecule has 2 atom stereocenters. The van der Waals surface area contributed by atoms with Crippen LogP contribution in [-0.2, 0) is 9.59 Å². The molecular formula is C15H15Cl2NO2. The molecule has 0 bridgehead atoms. The topological polar surface area (TPSA) is 37.4 Å². The summed E-state index contributed by atoms with van der Waals surface area (Å²) in [5, 5.41) is 0.937. The number of nitrogens with zero attached hydrogens (tertiary/aromatic N) is 1. The molecule has 2 heterocycles. The van der Waals surface area contributed by atoms with Gasteiger partial charge in [0, 0.05) is 12.6 Å². The average Bonchev–Trinajstić information content (AvgIpc) is 2.43. The zero-order valence-electron chi connectivity index (χ0n) is 10.9. The summed E-state index contributed by atoms with van der Waals surface area (Å²) in [6, 6.07) is 5.31. The summed E-state index contributed by atoms with van der Waals surface area (Å²) >= 11 is 12.0. The number of carbonyl (C=O) groups excluding carboxylic acids is 2. The lowest BCUT2D eigenvalue weighted by atomic mass is 9.78. The second-order valence-electron chi connectivity index (χ2n) is 5.44. The molecule has 1 aromatic rings. The highest BCUT2D eigenvalue weighted by Crippen LogP contribution is 2.37. The normalized spacial score (nSPS) is 26.6. The molecule has 0 aliphatic carbocycles. The van der Waals surface area contributed by atoms with Gasteiger partial charge in [-0.1, -0.05) is 29.3 Å². The molecule has 2 saturated heterocycles. The Kier molecular flexibility index (Phi) is 3.74. The Morgan fingerprint density at radius 3 is 2.65 bits per heavy atom. The number of Topliss-reactive ketones (excluding diaryl/α,β-unsaturated/α-hetero) is 1. The molecule has 3 nitrogen and oxygen atoms in total. The summed E-state index contributed by atoms with van der Waals surface area (Å²) in [6.45, 7) is 0.759. The van der Waals surface area contributed by atoms with Crippen molar-refractivity contribution in [3.8, 4) is 0 Å². The van der Waals surface area contributed by atoms with E-state index in [0.717, 1.165) is 31.4 Å². The summed E-state index contributed by atoms with van der Waals surface area (Å²) in [6.07, 6.45) is 2.95. The lowest BCUT2D eigenvalue weighted by molar-refractivity contribution is -0.145. The van der Waals surface area contributed by atoms with E-state index in [9.17, 15) is 9.59 Å². The molecule has 5 heteroatoms. The lowest BCUT2D eigenvalue weighted by Gasteiger charge is -2.43. The Bertz CT molecular complexity index is 573. The van der Waals surface area contributed by atoms with Gasteiger partial charge in [0.1, 0.15) is 0 Å². The van der Waals surface area contributed by atoms with E-state index in [1.165, 1.54) is 0 Å². The average molecular weight is 312 g/mol. The van der Waals surface area contributed by atoms with Crippen LogP contribution in [-0.4, -0.2) is 29.2 Å². The molecular weight excluding hydrogens is 297 g/mol. The molecule has 0 radical (unpaired) electrons. The number of halogens is 2. The smallest absolute Gasteiger partial charge is 0.230 e. The minimum absolute atomic E-state index is 0.00140. The Morgan fingerprint density at radius 2 is 1.90 bits per heavy atom. The number of hydrogen-bond donors (Lipinski definition) is 0. The van der Waals surface area contributed by atoms with Crippen molar-refractivity contribution in [1.82, 2.24) is 4.90 Å². The van der Waals surface area contributed by atoms with Crippen LogP contribution in [0.5, 0.6) is 0 Å². The fourth-order valence-corrected chi connectivity index (χ4v) is 3.61. The largest absolute Gasteiger partial charge is 0.338 e. The number of ketones is 1. The summed E-state index contributed by atoms with van der Waals surface area (Å²) in [5.41, 5.74) is 0.869. The van der Waals surface area contributed by atoms with Crippen LogP contribution in [0.4, 0.5) is 0 Å². The molecule has 1 amide bonds. The lowest BCUT2D eigenvalue weighted by Crippen LogP contribution is -2.53. The Labute approximate surface area is 127 Å². The van der Waals surface area contributed by atoms with Crippen molar-refractivity contribution >= 4 is 34.9 Å². The van der Waals surface area contributed by atoms with Crippen LogP contribution in [0.1, 0.15) is 37.2 Å². The Balaban J connectivity index is 1.98. The highest BCUT2D eigenvalue weighted by Gasteiger charge is 2.42. The minimum Gasteiger partial charge on any atom is -0.338 e. The highest BCUT2D eigenvalue weighted by atomic mass is 35.5. The molecule has 20 heavy (non-hydrogen) atoms. The quantitative estimate of drug-likeness (QED) is 0.745. The van der Waals surface area contributed by atoms with Crippen LogP contribution in [0.25, 0.3) is 0 Å². The second kappa shape index (κ2) is 5.38. The predicted molar refractivity (Wildman–Crippen MR) is 78.2 cm³/mol. The molecule has 0 N–H and O–H groups in total. The number of rotatable bonds is 1. The first-order chi connectivity index (χ1) is 9.58. The van der Waals surface area contributed by atoms with Crippen molar-refractivity contribution < 1.29 is 9.59 Å². The van der Waals surface area contributed by atoms with E-state index < -0.39 is 0 Å². The van der Waals surface area contributed by atoms with Crippen LogP contribution in [0.3, 0.4) is 0 Å².